The van der Waals surface area contributed by atoms with Crippen LogP contribution in [0.2, 0.25) is 5.02 Å². The topological polar surface area (TPSA) is 17.1 Å². The fourth-order valence-corrected chi connectivity index (χ4v) is 1.32. The smallest absolute Gasteiger partial charge is 0.146 e. The van der Waals surface area contributed by atoms with Crippen LogP contribution in [-0.4, -0.2) is 6.29 Å². The van der Waals surface area contributed by atoms with Gasteiger partial charge in [0.05, 0.1) is 0 Å². The summed E-state index contributed by atoms with van der Waals surface area (Å²) < 4.78 is 0. The van der Waals surface area contributed by atoms with Gasteiger partial charge in [-0.15, -0.1) is 6.58 Å². The third kappa shape index (κ3) is 3.19. The van der Waals surface area contributed by atoms with Crippen molar-refractivity contribution in [2.45, 2.75) is 6.42 Å². The molecule has 0 aliphatic carbocycles. The van der Waals surface area contributed by atoms with Gasteiger partial charge >= 0.3 is 0 Å². The lowest BCUT2D eigenvalue weighted by atomic mass is 10.1. The fraction of sp³-hybridized carbons (Fsp3) is 0.0833. The molecule has 1 aromatic rings. The first-order valence-electron chi connectivity index (χ1n) is 4.28. The monoisotopic (exact) mass is 206 g/mol. The van der Waals surface area contributed by atoms with Crippen molar-refractivity contribution in [2.24, 2.45) is 0 Å². The van der Waals surface area contributed by atoms with E-state index in [1.807, 2.05) is 18.2 Å². The summed E-state index contributed by atoms with van der Waals surface area (Å²) in [7, 11) is 0. The molecule has 2 heteroatoms. The Bertz CT molecular complexity index is 366. The minimum atomic E-state index is 0.579. The first kappa shape index (κ1) is 10.7. The molecule has 0 heterocycles. The van der Waals surface area contributed by atoms with E-state index in [2.05, 4.69) is 6.58 Å². The molecule has 0 fully saturated rings. The lowest BCUT2D eigenvalue weighted by molar-refractivity contribution is -0.104. The highest BCUT2D eigenvalue weighted by atomic mass is 35.5. The van der Waals surface area contributed by atoms with Gasteiger partial charge in [0.2, 0.25) is 0 Å². The Morgan fingerprint density at radius 2 is 2.29 bits per heavy atom. The van der Waals surface area contributed by atoms with Crippen LogP contribution in [0.15, 0.2) is 42.5 Å². The number of benzene rings is 1. The summed E-state index contributed by atoms with van der Waals surface area (Å²) >= 11 is 5.81. The number of hydrogen-bond acceptors (Lipinski definition) is 1. The third-order valence-corrected chi connectivity index (χ3v) is 1.97. The summed E-state index contributed by atoms with van der Waals surface area (Å²) in [6, 6.07) is 7.37. The van der Waals surface area contributed by atoms with Gasteiger partial charge in [0.15, 0.2) is 0 Å². The van der Waals surface area contributed by atoms with Crippen molar-refractivity contribution in [3.8, 4) is 0 Å². The van der Waals surface area contributed by atoms with Crippen molar-refractivity contribution in [2.75, 3.05) is 0 Å². The minimum Gasteiger partial charge on any atom is -0.298 e. The predicted octanol–water partition coefficient (Wildman–Crippen LogP) is 3.50. The molecule has 0 saturated carbocycles. The minimum absolute atomic E-state index is 0.579. The zero-order valence-corrected chi connectivity index (χ0v) is 8.50. The number of carbonyl (C=O) groups excluding carboxylic acids is 1. The Morgan fingerprint density at radius 1 is 1.50 bits per heavy atom. The van der Waals surface area contributed by atoms with Crippen LogP contribution >= 0.6 is 11.6 Å². The molecule has 0 aromatic heterocycles. The molecule has 1 nitrogen and oxygen atoms in total. The lowest BCUT2D eigenvalue weighted by Crippen LogP contribution is -1.82. The molecule has 0 aliphatic rings. The predicted molar refractivity (Wildman–Crippen MR) is 60.3 cm³/mol. The largest absolute Gasteiger partial charge is 0.298 e. The van der Waals surface area contributed by atoms with Crippen molar-refractivity contribution in [1.82, 2.24) is 0 Å². The zero-order chi connectivity index (χ0) is 10.4. The zero-order valence-electron chi connectivity index (χ0n) is 7.74. The van der Waals surface area contributed by atoms with E-state index in [-0.39, 0.29) is 0 Å². The summed E-state index contributed by atoms with van der Waals surface area (Å²) in [6.07, 6.45) is 4.92. The maximum absolute atomic E-state index is 10.6. The Hall–Kier alpha value is -1.34. The molecule has 0 atom stereocenters. The van der Waals surface area contributed by atoms with Gasteiger partial charge < -0.3 is 0 Å². The highest BCUT2D eigenvalue weighted by Gasteiger charge is 1.94. The molecule has 0 saturated heterocycles. The van der Waals surface area contributed by atoms with Crippen LogP contribution in [-0.2, 0) is 4.79 Å². The Balaban J connectivity index is 2.93. The lowest BCUT2D eigenvalue weighted by Gasteiger charge is -1.97. The second kappa shape index (κ2) is 5.40. The van der Waals surface area contributed by atoms with Gasteiger partial charge in [-0.25, -0.2) is 0 Å². The number of carbonyl (C=O) groups is 1. The fourth-order valence-electron chi connectivity index (χ4n) is 1.12. The van der Waals surface area contributed by atoms with Gasteiger partial charge in [-0.2, -0.15) is 0 Å². The average molecular weight is 207 g/mol. The molecular weight excluding hydrogens is 196 g/mol. The second-order valence-electron chi connectivity index (χ2n) is 2.88. The molecule has 0 radical (unpaired) electrons. The van der Waals surface area contributed by atoms with E-state index in [4.69, 9.17) is 11.6 Å². The van der Waals surface area contributed by atoms with E-state index in [1.165, 1.54) is 0 Å². The van der Waals surface area contributed by atoms with Crippen LogP contribution in [0.3, 0.4) is 0 Å². The number of halogens is 1. The normalized spacial score (nSPS) is 11.1. The second-order valence-corrected chi connectivity index (χ2v) is 3.32. The third-order valence-electron chi connectivity index (χ3n) is 1.73. The first-order chi connectivity index (χ1) is 6.76. The van der Waals surface area contributed by atoms with Gasteiger partial charge in [0, 0.05) is 5.02 Å². The van der Waals surface area contributed by atoms with Crippen LogP contribution in [0.5, 0.6) is 0 Å². The summed E-state index contributed by atoms with van der Waals surface area (Å²) in [4.78, 5) is 10.6. The molecule has 0 amide bonds. The molecule has 0 unspecified atom stereocenters. The standard InChI is InChI=1S/C12H11ClO/c1-2-4-11(9-14)7-10-5-3-6-12(13)8-10/h2-3,5-9H,1,4H2. The molecule has 0 bridgehead atoms. The quantitative estimate of drug-likeness (QED) is 0.419. The van der Waals surface area contributed by atoms with E-state index in [0.717, 1.165) is 11.8 Å². The summed E-state index contributed by atoms with van der Waals surface area (Å²) in [5.41, 5.74) is 1.63. The van der Waals surface area contributed by atoms with Gasteiger partial charge in [0.1, 0.15) is 6.29 Å². The molecule has 14 heavy (non-hydrogen) atoms. The van der Waals surface area contributed by atoms with E-state index in [9.17, 15) is 4.79 Å². The Kier molecular flexibility index (Phi) is 4.14. The van der Waals surface area contributed by atoms with E-state index < -0.39 is 0 Å². The van der Waals surface area contributed by atoms with Crippen LogP contribution in [0.25, 0.3) is 6.08 Å². The highest BCUT2D eigenvalue weighted by Crippen LogP contribution is 2.14. The van der Waals surface area contributed by atoms with Crippen LogP contribution in [0.4, 0.5) is 0 Å². The number of hydrogen-bond donors (Lipinski definition) is 0. The van der Waals surface area contributed by atoms with Crippen molar-refractivity contribution >= 4 is 24.0 Å². The van der Waals surface area contributed by atoms with Gasteiger partial charge in [0.25, 0.3) is 0 Å². The van der Waals surface area contributed by atoms with Crippen LogP contribution in [0.1, 0.15) is 12.0 Å². The van der Waals surface area contributed by atoms with Crippen LogP contribution < -0.4 is 0 Å². The molecule has 0 aliphatic heterocycles. The maximum atomic E-state index is 10.6. The average Bonchev–Trinajstić information content (AvgIpc) is 2.17. The number of aldehydes is 1. The molecule has 0 N–H and O–H groups in total. The summed E-state index contributed by atoms with van der Waals surface area (Å²) in [5, 5.41) is 0.669. The molecule has 1 rings (SSSR count). The molecule has 1 aromatic carbocycles. The summed E-state index contributed by atoms with van der Waals surface area (Å²) in [5.74, 6) is 0. The maximum Gasteiger partial charge on any atom is 0.146 e. The van der Waals surface area contributed by atoms with Crippen LogP contribution in [0, 0.1) is 0 Å². The van der Waals surface area contributed by atoms with Gasteiger partial charge in [-0.3, -0.25) is 4.79 Å². The van der Waals surface area contributed by atoms with Gasteiger partial charge in [-0.1, -0.05) is 29.8 Å². The molecule has 72 valence electrons. The Morgan fingerprint density at radius 3 is 2.86 bits per heavy atom. The molecular formula is C12H11ClO. The number of allylic oxidation sites excluding steroid dienone is 2. The highest BCUT2D eigenvalue weighted by molar-refractivity contribution is 6.30. The van der Waals surface area contributed by atoms with Crippen molar-refractivity contribution in [3.63, 3.8) is 0 Å². The van der Waals surface area contributed by atoms with Gasteiger partial charge in [-0.05, 0) is 35.8 Å². The SMILES string of the molecule is C=CCC(C=O)=Cc1cccc(Cl)c1. The van der Waals surface area contributed by atoms with E-state index in [0.29, 0.717) is 17.0 Å². The van der Waals surface area contributed by atoms with Crippen molar-refractivity contribution < 1.29 is 4.79 Å². The summed E-state index contributed by atoms with van der Waals surface area (Å²) in [6.45, 7) is 3.58. The van der Waals surface area contributed by atoms with Crippen molar-refractivity contribution in [3.05, 3.63) is 53.1 Å². The van der Waals surface area contributed by atoms with E-state index in [1.54, 1.807) is 18.2 Å². The van der Waals surface area contributed by atoms with Crippen molar-refractivity contribution in [1.29, 1.82) is 0 Å². The first-order valence-corrected chi connectivity index (χ1v) is 4.66. The van der Waals surface area contributed by atoms with E-state index >= 15 is 0 Å². The number of rotatable bonds is 4. The Labute approximate surface area is 88.7 Å². The molecule has 0 spiro atoms.